The van der Waals surface area contributed by atoms with Crippen molar-refractivity contribution < 1.29 is 14.3 Å². The molecule has 2 N–H and O–H groups in total. The second-order valence-corrected chi connectivity index (χ2v) is 5.15. The van der Waals surface area contributed by atoms with Crippen molar-refractivity contribution in [3.8, 4) is 0 Å². The van der Waals surface area contributed by atoms with Crippen molar-refractivity contribution in [2.45, 2.75) is 38.6 Å². The minimum absolute atomic E-state index is 0.0229. The third-order valence-electron chi connectivity index (χ3n) is 3.56. The fraction of sp³-hybridized carbons (Fsp3) is 0.857. The van der Waals surface area contributed by atoms with Gasteiger partial charge in [0.05, 0.1) is 13.7 Å². The molecule has 1 saturated heterocycles. The van der Waals surface area contributed by atoms with E-state index < -0.39 is 0 Å². The van der Waals surface area contributed by atoms with E-state index in [0.29, 0.717) is 32.0 Å². The summed E-state index contributed by atoms with van der Waals surface area (Å²) < 4.78 is 4.55. The van der Waals surface area contributed by atoms with Crippen molar-refractivity contribution in [2.24, 2.45) is 0 Å². The number of rotatable bonds is 9. The van der Waals surface area contributed by atoms with Crippen molar-refractivity contribution in [2.75, 3.05) is 39.8 Å². The molecule has 1 unspecified atom stereocenters. The first-order chi connectivity index (χ1) is 9.65. The highest BCUT2D eigenvalue weighted by Crippen LogP contribution is 2.06. The van der Waals surface area contributed by atoms with Crippen LogP contribution in [0, 0.1) is 0 Å². The number of nitrogens with zero attached hydrogens (tertiary/aromatic N) is 1. The Labute approximate surface area is 121 Å². The minimum Gasteiger partial charge on any atom is -0.469 e. The van der Waals surface area contributed by atoms with Crippen molar-refractivity contribution >= 4 is 11.9 Å². The summed E-state index contributed by atoms with van der Waals surface area (Å²) in [6.07, 6.45) is 3.38. The average Bonchev–Trinajstić information content (AvgIpc) is 2.95. The molecule has 1 aliphatic rings. The van der Waals surface area contributed by atoms with Crippen molar-refractivity contribution in [1.29, 1.82) is 0 Å². The highest BCUT2D eigenvalue weighted by Gasteiger charge is 2.18. The van der Waals surface area contributed by atoms with Gasteiger partial charge in [0, 0.05) is 25.6 Å². The van der Waals surface area contributed by atoms with Crippen molar-refractivity contribution in [1.82, 2.24) is 15.5 Å². The number of methoxy groups -OCH3 is 1. The molecule has 0 aromatic heterocycles. The molecule has 1 amide bonds. The Morgan fingerprint density at radius 3 is 2.85 bits per heavy atom. The van der Waals surface area contributed by atoms with E-state index in [-0.39, 0.29) is 11.9 Å². The van der Waals surface area contributed by atoms with Gasteiger partial charge in [-0.2, -0.15) is 0 Å². The number of hydrogen-bond donors (Lipinski definition) is 2. The van der Waals surface area contributed by atoms with E-state index in [1.54, 1.807) is 0 Å². The molecule has 1 rings (SSSR count). The molecule has 1 atom stereocenters. The molecule has 1 heterocycles. The normalized spacial score (nSPS) is 18.2. The Morgan fingerprint density at radius 2 is 2.25 bits per heavy atom. The van der Waals surface area contributed by atoms with Crippen LogP contribution in [0.15, 0.2) is 0 Å². The number of nitrogens with one attached hydrogen (secondary N) is 2. The molecular weight excluding hydrogens is 258 g/mol. The molecule has 0 aromatic carbocycles. The fourth-order valence-corrected chi connectivity index (χ4v) is 2.35. The monoisotopic (exact) mass is 285 g/mol. The number of esters is 1. The van der Waals surface area contributed by atoms with Gasteiger partial charge in [0.2, 0.25) is 5.91 Å². The lowest BCUT2D eigenvalue weighted by molar-refractivity contribution is -0.140. The van der Waals surface area contributed by atoms with Crippen LogP contribution in [-0.4, -0.2) is 62.7 Å². The molecule has 6 heteroatoms. The average molecular weight is 285 g/mol. The second kappa shape index (κ2) is 9.72. The van der Waals surface area contributed by atoms with Crippen LogP contribution < -0.4 is 10.6 Å². The summed E-state index contributed by atoms with van der Waals surface area (Å²) in [5.74, 6) is -0.212. The molecule has 6 nitrogen and oxygen atoms in total. The molecular formula is C14H27N3O3. The molecule has 0 spiro atoms. The lowest BCUT2D eigenvalue weighted by atomic mass is 10.2. The molecule has 0 bridgehead atoms. The summed E-state index contributed by atoms with van der Waals surface area (Å²) in [7, 11) is 1.37. The summed E-state index contributed by atoms with van der Waals surface area (Å²) in [4.78, 5) is 24.9. The first kappa shape index (κ1) is 16.9. The van der Waals surface area contributed by atoms with E-state index in [1.165, 1.54) is 20.0 Å². The van der Waals surface area contributed by atoms with Gasteiger partial charge in [-0.05, 0) is 32.4 Å². The Kier molecular flexibility index (Phi) is 8.22. The van der Waals surface area contributed by atoms with E-state index in [0.717, 1.165) is 19.6 Å². The summed E-state index contributed by atoms with van der Waals surface area (Å²) in [5.41, 5.74) is 0. The number of likely N-dealkylation sites (N-methyl/N-ethyl adjacent to an activating group) is 1. The number of carbonyl (C=O) groups is 2. The van der Waals surface area contributed by atoms with E-state index in [4.69, 9.17) is 0 Å². The molecule has 116 valence electrons. The van der Waals surface area contributed by atoms with E-state index >= 15 is 0 Å². The van der Waals surface area contributed by atoms with Crippen LogP contribution in [-0.2, 0) is 14.3 Å². The third kappa shape index (κ3) is 6.86. The van der Waals surface area contributed by atoms with Crippen LogP contribution in [0.4, 0.5) is 0 Å². The summed E-state index contributed by atoms with van der Waals surface area (Å²) in [6, 6.07) is 0.516. The lowest BCUT2D eigenvalue weighted by Crippen LogP contribution is -2.43. The van der Waals surface area contributed by atoms with Gasteiger partial charge in [-0.3, -0.25) is 14.5 Å². The van der Waals surface area contributed by atoms with E-state index in [9.17, 15) is 9.59 Å². The highest BCUT2D eigenvalue weighted by atomic mass is 16.5. The van der Waals surface area contributed by atoms with Gasteiger partial charge in [0.1, 0.15) is 0 Å². The maximum absolute atomic E-state index is 11.8. The Morgan fingerprint density at radius 1 is 1.45 bits per heavy atom. The van der Waals surface area contributed by atoms with Crippen LogP contribution in [0.25, 0.3) is 0 Å². The molecule has 20 heavy (non-hydrogen) atoms. The largest absolute Gasteiger partial charge is 0.469 e. The van der Waals surface area contributed by atoms with E-state index in [1.807, 2.05) is 0 Å². The zero-order chi connectivity index (χ0) is 14.8. The zero-order valence-corrected chi connectivity index (χ0v) is 12.6. The smallest absolute Gasteiger partial charge is 0.305 e. The molecule has 0 saturated carbocycles. The summed E-state index contributed by atoms with van der Waals surface area (Å²) >= 11 is 0. The highest BCUT2D eigenvalue weighted by molar-refractivity contribution is 5.78. The van der Waals surface area contributed by atoms with Crippen LogP contribution >= 0.6 is 0 Å². The van der Waals surface area contributed by atoms with Crippen LogP contribution in [0.1, 0.15) is 32.6 Å². The maximum atomic E-state index is 11.8. The van der Waals surface area contributed by atoms with Gasteiger partial charge in [-0.1, -0.05) is 6.92 Å². The lowest BCUT2D eigenvalue weighted by Gasteiger charge is -2.23. The van der Waals surface area contributed by atoms with Gasteiger partial charge in [0.25, 0.3) is 0 Å². The fourth-order valence-electron chi connectivity index (χ4n) is 2.35. The van der Waals surface area contributed by atoms with Gasteiger partial charge >= 0.3 is 5.97 Å². The predicted molar refractivity (Wildman–Crippen MR) is 77.4 cm³/mol. The van der Waals surface area contributed by atoms with E-state index in [2.05, 4.69) is 27.2 Å². The topological polar surface area (TPSA) is 70.7 Å². The predicted octanol–water partition coefficient (Wildman–Crippen LogP) is 0.130. The molecule has 0 aliphatic carbocycles. The van der Waals surface area contributed by atoms with Crippen LogP contribution in [0.2, 0.25) is 0 Å². The van der Waals surface area contributed by atoms with Crippen molar-refractivity contribution in [3.63, 3.8) is 0 Å². The molecule has 0 aromatic rings. The molecule has 1 fully saturated rings. The third-order valence-corrected chi connectivity index (χ3v) is 3.56. The van der Waals surface area contributed by atoms with Gasteiger partial charge in [-0.25, -0.2) is 0 Å². The SMILES string of the molecule is CCN(CC(=O)NCCCC(=O)OC)CC1CCCN1. The van der Waals surface area contributed by atoms with Gasteiger partial charge in [-0.15, -0.1) is 0 Å². The van der Waals surface area contributed by atoms with Crippen molar-refractivity contribution in [3.05, 3.63) is 0 Å². The number of amides is 1. The Balaban J connectivity index is 2.13. The Bertz CT molecular complexity index is 304. The quantitative estimate of drug-likeness (QED) is 0.465. The maximum Gasteiger partial charge on any atom is 0.305 e. The standard InChI is InChI=1S/C14H27N3O3/c1-3-17(10-12-6-4-8-15-12)11-13(18)16-9-5-7-14(19)20-2/h12,15H,3-11H2,1-2H3,(H,16,18). The van der Waals surface area contributed by atoms with Gasteiger partial charge < -0.3 is 15.4 Å². The Hall–Kier alpha value is -1.14. The number of ether oxygens (including phenoxy) is 1. The first-order valence-corrected chi connectivity index (χ1v) is 7.45. The number of hydrogen-bond acceptors (Lipinski definition) is 5. The second-order valence-electron chi connectivity index (χ2n) is 5.15. The molecule has 1 aliphatic heterocycles. The number of carbonyl (C=O) groups excluding carboxylic acids is 2. The van der Waals surface area contributed by atoms with Gasteiger partial charge in [0.15, 0.2) is 0 Å². The van der Waals surface area contributed by atoms with Crippen LogP contribution in [0.5, 0.6) is 0 Å². The minimum atomic E-state index is -0.234. The summed E-state index contributed by atoms with van der Waals surface area (Å²) in [6.45, 7) is 5.89. The molecule has 0 radical (unpaired) electrons. The summed E-state index contributed by atoms with van der Waals surface area (Å²) in [5, 5.41) is 6.28. The van der Waals surface area contributed by atoms with Crippen LogP contribution in [0.3, 0.4) is 0 Å². The first-order valence-electron chi connectivity index (χ1n) is 7.45. The zero-order valence-electron chi connectivity index (χ0n) is 12.6.